The Labute approximate surface area is 151 Å². The Morgan fingerprint density at radius 2 is 1.62 bits per heavy atom. The highest BCUT2D eigenvalue weighted by molar-refractivity contribution is 6.19. The van der Waals surface area contributed by atoms with Gasteiger partial charge in [0.1, 0.15) is 19.0 Å². The number of anilines is 1. The number of amides is 2. The Kier molecular flexibility index (Phi) is 5.31. The van der Waals surface area contributed by atoms with E-state index in [0.717, 1.165) is 16.2 Å². The van der Waals surface area contributed by atoms with Crippen LogP contribution in [-0.2, 0) is 14.3 Å². The summed E-state index contributed by atoms with van der Waals surface area (Å²) in [6, 6.07) is 13.8. The van der Waals surface area contributed by atoms with Gasteiger partial charge in [0.25, 0.3) is 0 Å². The Balaban J connectivity index is 1.51. The van der Waals surface area contributed by atoms with E-state index in [9.17, 15) is 14.4 Å². The number of benzene rings is 2. The molecule has 1 heterocycles. The first-order valence-electron chi connectivity index (χ1n) is 8.37. The van der Waals surface area contributed by atoms with Crippen LogP contribution in [0.2, 0.25) is 0 Å². The van der Waals surface area contributed by atoms with Crippen molar-refractivity contribution in [2.75, 3.05) is 18.1 Å². The molecule has 3 rings (SSSR count). The van der Waals surface area contributed by atoms with Gasteiger partial charge in [0.15, 0.2) is 0 Å². The van der Waals surface area contributed by atoms with Gasteiger partial charge in [-0.1, -0.05) is 18.2 Å². The predicted octanol–water partition coefficient (Wildman–Crippen LogP) is 2.88. The molecule has 1 fully saturated rings. The largest absolute Gasteiger partial charge is 0.490 e. The van der Waals surface area contributed by atoms with Crippen molar-refractivity contribution in [3.05, 3.63) is 59.7 Å². The summed E-state index contributed by atoms with van der Waals surface area (Å²) < 4.78 is 10.8. The molecular formula is C20H19NO5. The maximum absolute atomic E-state index is 12.1. The number of esters is 1. The lowest BCUT2D eigenvalue weighted by Crippen LogP contribution is -2.28. The molecule has 1 aliphatic heterocycles. The first kappa shape index (κ1) is 17.7. The van der Waals surface area contributed by atoms with E-state index >= 15 is 0 Å². The van der Waals surface area contributed by atoms with Gasteiger partial charge in [-0.15, -0.1) is 0 Å². The smallest absolute Gasteiger partial charge is 0.338 e. The van der Waals surface area contributed by atoms with E-state index in [2.05, 4.69) is 0 Å². The van der Waals surface area contributed by atoms with E-state index in [1.807, 2.05) is 31.2 Å². The van der Waals surface area contributed by atoms with Crippen LogP contribution < -0.4 is 9.64 Å². The molecule has 1 aliphatic rings. The van der Waals surface area contributed by atoms with Gasteiger partial charge in [-0.3, -0.25) is 14.5 Å². The highest BCUT2D eigenvalue weighted by Gasteiger charge is 2.30. The number of nitrogens with zero attached hydrogens (tertiary/aromatic N) is 1. The minimum atomic E-state index is -0.482. The van der Waals surface area contributed by atoms with Gasteiger partial charge in [-0.05, 0) is 42.8 Å². The highest BCUT2D eigenvalue weighted by Crippen LogP contribution is 2.23. The van der Waals surface area contributed by atoms with Crippen molar-refractivity contribution < 1.29 is 23.9 Å². The third kappa shape index (κ3) is 3.91. The van der Waals surface area contributed by atoms with Crippen molar-refractivity contribution in [2.45, 2.75) is 19.8 Å². The third-order valence-corrected chi connectivity index (χ3v) is 4.08. The summed E-state index contributed by atoms with van der Waals surface area (Å²) in [4.78, 5) is 36.6. The average Bonchev–Trinajstić information content (AvgIpc) is 2.98. The van der Waals surface area contributed by atoms with Crippen molar-refractivity contribution in [1.82, 2.24) is 0 Å². The Morgan fingerprint density at radius 3 is 2.27 bits per heavy atom. The molecular weight excluding hydrogens is 334 g/mol. The third-order valence-electron chi connectivity index (χ3n) is 4.08. The minimum absolute atomic E-state index is 0.123. The van der Waals surface area contributed by atoms with Crippen LogP contribution in [-0.4, -0.2) is 31.0 Å². The van der Waals surface area contributed by atoms with Crippen molar-refractivity contribution in [2.24, 2.45) is 0 Å². The topological polar surface area (TPSA) is 72.9 Å². The maximum atomic E-state index is 12.1. The molecule has 26 heavy (non-hydrogen) atoms. The second kappa shape index (κ2) is 7.82. The molecule has 1 saturated heterocycles. The summed E-state index contributed by atoms with van der Waals surface area (Å²) in [5.74, 6) is -0.172. The van der Waals surface area contributed by atoms with Crippen molar-refractivity contribution in [1.29, 1.82) is 0 Å². The lowest BCUT2D eigenvalue weighted by Gasteiger charge is -2.14. The number of rotatable bonds is 6. The van der Waals surface area contributed by atoms with E-state index in [1.54, 1.807) is 24.3 Å². The number of carbonyl (C=O) groups excluding carboxylic acids is 3. The molecule has 0 N–H and O–H groups in total. The number of hydrogen-bond acceptors (Lipinski definition) is 5. The first-order valence-corrected chi connectivity index (χ1v) is 8.37. The molecule has 134 valence electrons. The number of para-hydroxylation sites is 1. The zero-order chi connectivity index (χ0) is 18.5. The zero-order valence-electron chi connectivity index (χ0n) is 14.4. The number of aryl methyl sites for hydroxylation is 1. The van der Waals surface area contributed by atoms with Gasteiger partial charge in [-0.25, -0.2) is 4.79 Å². The number of hydrogen-bond donors (Lipinski definition) is 0. The van der Waals surface area contributed by atoms with Gasteiger partial charge >= 0.3 is 5.97 Å². The quantitative estimate of drug-likeness (QED) is 0.454. The van der Waals surface area contributed by atoms with Gasteiger partial charge in [-0.2, -0.15) is 0 Å². The molecule has 2 amide bonds. The molecule has 6 heteroatoms. The van der Waals surface area contributed by atoms with Crippen LogP contribution in [0.15, 0.2) is 48.5 Å². The van der Waals surface area contributed by atoms with Crippen LogP contribution in [0.5, 0.6) is 5.75 Å². The van der Waals surface area contributed by atoms with Gasteiger partial charge in [0, 0.05) is 12.8 Å². The van der Waals surface area contributed by atoms with E-state index in [-0.39, 0.29) is 37.9 Å². The molecule has 0 spiro atoms. The van der Waals surface area contributed by atoms with Gasteiger partial charge < -0.3 is 9.47 Å². The van der Waals surface area contributed by atoms with Gasteiger partial charge in [0.2, 0.25) is 11.8 Å². The lowest BCUT2D eigenvalue weighted by atomic mass is 10.2. The average molecular weight is 353 g/mol. The summed E-state index contributed by atoms with van der Waals surface area (Å²) in [5, 5.41) is 0. The van der Waals surface area contributed by atoms with Gasteiger partial charge in [0.05, 0.1) is 11.3 Å². The standard InChI is InChI=1S/C20H19NO5/c1-14-4-2-3-5-17(14)25-12-13-26-20(24)15-6-8-16(9-7-15)21-18(22)10-11-19(21)23/h2-9H,10-13H2,1H3. The molecule has 0 aromatic heterocycles. The summed E-state index contributed by atoms with van der Waals surface area (Å²) in [6.45, 7) is 2.32. The molecule has 0 radical (unpaired) electrons. The SMILES string of the molecule is Cc1ccccc1OCCOC(=O)c1ccc(N2C(=O)CCC2=O)cc1. The van der Waals surface area contributed by atoms with E-state index in [1.165, 1.54) is 0 Å². The summed E-state index contributed by atoms with van der Waals surface area (Å²) in [6.07, 6.45) is 0.451. The number of ether oxygens (including phenoxy) is 2. The number of imide groups is 1. The van der Waals surface area contributed by atoms with Crippen LogP contribution in [0.4, 0.5) is 5.69 Å². The maximum Gasteiger partial charge on any atom is 0.338 e. The molecule has 6 nitrogen and oxygen atoms in total. The van der Waals surface area contributed by atoms with Crippen molar-refractivity contribution in [3.8, 4) is 5.75 Å². The molecule has 0 saturated carbocycles. The summed E-state index contributed by atoms with van der Waals surface area (Å²) >= 11 is 0. The molecule has 0 atom stereocenters. The number of carbonyl (C=O) groups is 3. The van der Waals surface area contributed by atoms with Crippen LogP contribution in [0, 0.1) is 6.92 Å². The van der Waals surface area contributed by atoms with Crippen LogP contribution in [0.1, 0.15) is 28.8 Å². The van der Waals surface area contributed by atoms with Crippen LogP contribution >= 0.6 is 0 Å². The summed E-state index contributed by atoms with van der Waals surface area (Å²) in [7, 11) is 0. The highest BCUT2D eigenvalue weighted by atomic mass is 16.6. The van der Waals surface area contributed by atoms with E-state index < -0.39 is 5.97 Å². The van der Waals surface area contributed by atoms with E-state index in [0.29, 0.717) is 11.3 Å². The molecule has 0 aliphatic carbocycles. The predicted molar refractivity (Wildman–Crippen MR) is 95.1 cm³/mol. The Hall–Kier alpha value is -3.15. The van der Waals surface area contributed by atoms with Crippen molar-refractivity contribution >= 4 is 23.5 Å². The molecule has 0 bridgehead atoms. The fourth-order valence-corrected chi connectivity index (χ4v) is 2.70. The molecule has 2 aromatic rings. The van der Waals surface area contributed by atoms with Crippen LogP contribution in [0.25, 0.3) is 0 Å². The molecule has 0 unspecified atom stereocenters. The van der Waals surface area contributed by atoms with Crippen molar-refractivity contribution in [3.63, 3.8) is 0 Å². The monoisotopic (exact) mass is 353 g/mol. The zero-order valence-corrected chi connectivity index (χ0v) is 14.4. The first-order chi connectivity index (χ1) is 12.6. The normalized spacial score (nSPS) is 13.8. The van der Waals surface area contributed by atoms with Crippen LogP contribution in [0.3, 0.4) is 0 Å². The Bertz CT molecular complexity index is 812. The second-order valence-electron chi connectivity index (χ2n) is 5.92. The molecule has 2 aromatic carbocycles. The fraction of sp³-hybridized carbons (Fsp3) is 0.250. The second-order valence-corrected chi connectivity index (χ2v) is 5.92. The minimum Gasteiger partial charge on any atom is -0.490 e. The Morgan fingerprint density at radius 1 is 0.962 bits per heavy atom. The van der Waals surface area contributed by atoms with E-state index in [4.69, 9.17) is 9.47 Å². The summed E-state index contributed by atoms with van der Waals surface area (Å²) in [5.41, 5.74) is 1.83. The lowest BCUT2D eigenvalue weighted by molar-refractivity contribution is -0.121. The fourth-order valence-electron chi connectivity index (χ4n) is 2.70.